The van der Waals surface area contributed by atoms with Gasteiger partial charge in [-0.15, -0.1) is 0 Å². The predicted octanol–water partition coefficient (Wildman–Crippen LogP) is 2.98. The Balaban J connectivity index is 2.26. The molecule has 2 N–H and O–H groups in total. The first-order valence-corrected chi connectivity index (χ1v) is 10.8. The molecule has 0 unspecified atom stereocenters. The number of para-hydroxylation sites is 1. The first-order chi connectivity index (χ1) is 13.4. The van der Waals surface area contributed by atoms with Crippen LogP contribution in [0.2, 0.25) is 0 Å². The molecule has 2 aromatic rings. The van der Waals surface area contributed by atoms with Crippen LogP contribution in [0.1, 0.15) is 41.0 Å². The van der Waals surface area contributed by atoms with Crippen molar-refractivity contribution < 1.29 is 22.7 Å². The molecule has 8 nitrogen and oxygen atoms in total. The van der Waals surface area contributed by atoms with Crippen molar-refractivity contribution in [3.8, 4) is 0 Å². The summed E-state index contributed by atoms with van der Waals surface area (Å²) in [5.41, 5.74) is -0.486. The fourth-order valence-corrected chi connectivity index (χ4v) is 3.90. The lowest BCUT2D eigenvalue weighted by atomic mass is 10.0. The quantitative estimate of drug-likeness (QED) is 0.741. The van der Waals surface area contributed by atoms with Crippen LogP contribution in [0.4, 0.5) is 4.79 Å². The lowest BCUT2D eigenvalue weighted by Gasteiger charge is -2.24. The van der Waals surface area contributed by atoms with Gasteiger partial charge in [-0.1, -0.05) is 32.0 Å². The van der Waals surface area contributed by atoms with Crippen molar-refractivity contribution in [2.45, 2.75) is 57.6 Å². The van der Waals surface area contributed by atoms with E-state index in [0.717, 1.165) is 0 Å². The zero-order valence-corrected chi connectivity index (χ0v) is 18.0. The van der Waals surface area contributed by atoms with E-state index in [2.05, 4.69) is 15.0 Å². The summed E-state index contributed by atoms with van der Waals surface area (Å²) < 4.78 is 32.9. The maximum absolute atomic E-state index is 12.8. The third-order valence-electron chi connectivity index (χ3n) is 3.83. The van der Waals surface area contributed by atoms with Crippen LogP contribution in [0.5, 0.6) is 0 Å². The van der Waals surface area contributed by atoms with E-state index in [0.29, 0.717) is 5.39 Å². The standard InChI is InChI=1S/C20H27N3O5S/c1-13(2)12-15(22-19(25)28-20(3,4)5)18(24)23-29(26,27)16-10-6-8-14-9-7-11-21-17(14)16/h6-11,13,15H,12H2,1-5H3,(H,22,25)(H,23,24)/t15-/m0/s1. The Morgan fingerprint density at radius 2 is 1.79 bits per heavy atom. The maximum Gasteiger partial charge on any atom is 0.408 e. The molecule has 1 aromatic heterocycles. The summed E-state index contributed by atoms with van der Waals surface area (Å²) in [7, 11) is -4.19. The average Bonchev–Trinajstić information content (AvgIpc) is 2.58. The van der Waals surface area contributed by atoms with Crippen molar-refractivity contribution >= 4 is 32.9 Å². The van der Waals surface area contributed by atoms with E-state index in [1.807, 2.05) is 13.8 Å². The first-order valence-electron chi connectivity index (χ1n) is 9.29. The van der Waals surface area contributed by atoms with Gasteiger partial charge in [-0.3, -0.25) is 9.78 Å². The Morgan fingerprint density at radius 1 is 1.14 bits per heavy atom. The molecule has 0 fully saturated rings. The number of hydrogen-bond acceptors (Lipinski definition) is 6. The molecule has 0 aliphatic rings. The molecule has 0 saturated heterocycles. The number of carbonyl (C=O) groups excluding carboxylic acids is 2. The first kappa shape index (κ1) is 22.6. The SMILES string of the molecule is CC(C)C[C@H](NC(=O)OC(C)(C)C)C(=O)NS(=O)(=O)c1cccc2cccnc12. The van der Waals surface area contributed by atoms with Crippen LogP contribution in [-0.2, 0) is 19.6 Å². The largest absolute Gasteiger partial charge is 0.444 e. The van der Waals surface area contributed by atoms with Crippen LogP contribution >= 0.6 is 0 Å². The molecule has 1 aromatic carbocycles. The summed E-state index contributed by atoms with van der Waals surface area (Å²) >= 11 is 0. The van der Waals surface area contributed by atoms with Crippen LogP contribution in [0.15, 0.2) is 41.4 Å². The zero-order valence-electron chi connectivity index (χ0n) is 17.2. The van der Waals surface area contributed by atoms with Gasteiger partial charge in [-0.05, 0) is 45.2 Å². The maximum atomic E-state index is 12.8. The molecule has 9 heteroatoms. The molecule has 29 heavy (non-hydrogen) atoms. The van der Waals surface area contributed by atoms with Crippen LogP contribution in [0, 0.1) is 5.92 Å². The molecule has 0 bridgehead atoms. The smallest absolute Gasteiger partial charge is 0.408 e. The second-order valence-electron chi connectivity index (χ2n) is 8.13. The fraction of sp³-hybridized carbons (Fsp3) is 0.450. The van der Waals surface area contributed by atoms with Gasteiger partial charge in [-0.25, -0.2) is 17.9 Å². The third kappa shape index (κ3) is 6.42. The number of ether oxygens (including phenoxy) is 1. The van der Waals surface area contributed by atoms with E-state index in [4.69, 9.17) is 4.74 Å². The second kappa shape index (κ2) is 8.77. The number of alkyl carbamates (subject to hydrolysis) is 1. The number of aromatic nitrogens is 1. The highest BCUT2D eigenvalue weighted by molar-refractivity contribution is 7.90. The molecule has 158 valence electrons. The molecule has 0 aliphatic carbocycles. The summed E-state index contributed by atoms with van der Waals surface area (Å²) in [5, 5.41) is 3.10. The summed E-state index contributed by atoms with van der Waals surface area (Å²) in [5.74, 6) is -0.805. The number of pyridine rings is 1. The molecule has 2 rings (SSSR count). The van der Waals surface area contributed by atoms with Crippen molar-refractivity contribution in [2.75, 3.05) is 0 Å². The van der Waals surface area contributed by atoms with Crippen LogP contribution < -0.4 is 10.0 Å². The van der Waals surface area contributed by atoms with Crippen LogP contribution in [0.25, 0.3) is 10.9 Å². The van der Waals surface area contributed by atoms with Gasteiger partial charge in [0.15, 0.2) is 0 Å². The minimum Gasteiger partial charge on any atom is -0.444 e. The number of nitrogens with one attached hydrogen (secondary N) is 2. The van der Waals surface area contributed by atoms with E-state index >= 15 is 0 Å². The van der Waals surface area contributed by atoms with Gasteiger partial charge in [0.25, 0.3) is 15.9 Å². The second-order valence-corrected chi connectivity index (χ2v) is 9.78. The van der Waals surface area contributed by atoms with Crippen LogP contribution in [-0.4, -0.2) is 37.0 Å². The number of sulfonamides is 1. The normalized spacial score (nSPS) is 13.2. The molecule has 1 heterocycles. The Kier molecular flexibility index (Phi) is 6.84. The van der Waals surface area contributed by atoms with Crippen LogP contribution in [0.3, 0.4) is 0 Å². The number of hydrogen-bond donors (Lipinski definition) is 2. The summed E-state index contributed by atoms with van der Waals surface area (Å²) in [6.45, 7) is 8.81. The Labute approximate surface area is 171 Å². The topological polar surface area (TPSA) is 114 Å². The molecule has 2 amide bonds. The molecular weight excluding hydrogens is 394 g/mol. The molecular formula is C20H27N3O5S. The van der Waals surface area contributed by atoms with Crippen molar-refractivity contribution in [2.24, 2.45) is 5.92 Å². The van der Waals surface area contributed by atoms with E-state index in [-0.39, 0.29) is 22.8 Å². The summed E-state index contributed by atoms with van der Waals surface area (Å²) in [4.78, 5) is 28.8. The Bertz CT molecular complexity index is 991. The van der Waals surface area contributed by atoms with Gasteiger partial charge in [-0.2, -0.15) is 0 Å². The van der Waals surface area contributed by atoms with Crippen molar-refractivity contribution in [1.82, 2.24) is 15.0 Å². The number of benzene rings is 1. The number of rotatable bonds is 6. The Hall–Kier alpha value is -2.68. The van der Waals surface area contributed by atoms with Gasteiger partial charge in [0.1, 0.15) is 16.5 Å². The highest BCUT2D eigenvalue weighted by Crippen LogP contribution is 2.20. The third-order valence-corrected chi connectivity index (χ3v) is 5.21. The van der Waals surface area contributed by atoms with Crippen molar-refractivity contribution in [3.05, 3.63) is 36.5 Å². The van der Waals surface area contributed by atoms with Gasteiger partial charge < -0.3 is 10.1 Å². The van der Waals surface area contributed by atoms with Gasteiger partial charge >= 0.3 is 6.09 Å². The highest BCUT2D eigenvalue weighted by atomic mass is 32.2. The van der Waals surface area contributed by atoms with E-state index < -0.39 is 33.7 Å². The monoisotopic (exact) mass is 421 g/mol. The highest BCUT2D eigenvalue weighted by Gasteiger charge is 2.29. The lowest BCUT2D eigenvalue weighted by molar-refractivity contribution is -0.121. The van der Waals surface area contributed by atoms with Gasteiger partial charge in [0.2, 0.25) is 0 Å². The van der Waals surface area contributed by atoms with E-state index in [1.54, 1.807) is 45.0 Å². The lowest BCUT2D eigenvalue weighted by Crippen LogP contribution is -2.50. The van der Waals surface area contributed by atoms with E-state index in [1.165, 1.54) is 12.3 Å². The fourth-order valence-electron chi connectivity index (χ4n) is 2.70. The molecule has 0 spiro atoms. The number of fused-ring (bicyclic) bond motifs is 1. The number of amides is 2. The summed E-state index contributed by atoms with van der Waals surface area (Å²) in [6, 6.07) is 7.05. The minimum absolute atomic E-state index is 0.0302. The van der Waals surface area contributed by atoms with Crippen molar-refractivity contribution in [3.63, 3.8) is 0 Å². The molecule has 1 atom stereocenters. The predicted molar refractivity (Wildman–Crippen MR) is 110 cm³/mol. The zero-order chi connectivity index (χ0) is 21.8. The Morgan fingerprint density at radius 3 is 2.41 bits per heavy atom. The summed E-state index contributed by atoms with van der Waals surface area (Å²) in [6.07, 6.45) is 0.936. The van der Waals surface area contributed by atoms with Crippen molar-refractivity contribution in [1.29, 1.82) is 0 Å². The molecule has 0 radical (unpaired) electrons. The molecule has 0 saturated carbocycles. The molecule has 0 aliphatic heterocycles. The number of carbonyl (C=O) groups is 2. The number of nitrogens with zero attached hydrogens (tertiary/aromatic N) is 1. The average molecular weight is 422 g/mol. The van der Waals surface area contributed by atoms with Gasteiger partial charge in [0.05, 0.1) is 5.52 Å². The minimum atomic E-state index is -4.19. The van der Waals surface area contributed by atoms with Gasteiger partial charge in [0, 0.05) is 11.6 Å². The van der Waals surface area contributed by atoms with E-state index in [9.17, 15) is 18.0 Å².